The minimum absolute atomic E-state index is 0.316. The van der Waals surface area contributed by atoms with Gasteiger partial charge in [-0.05, 0) is 12.8 Å². The second kappa shape index (κ2) is 3.55. The average Bonchev–Trinajstić information content (AvgIpc) is 3.02. The molecule has 0 radical (unpaired) electrons. The van der Waals surface area contributed by atoms with Crippen molar-refractivity contribution in [3.05, 3.63) is 11.9 Å². The van der Waals surface area contributed by atoms with Crippen LogP contribution in [0.15, 0.2) is 11.2 Å². The van der Waals surface area contributed by atoms with Crippen molar-refractivity contribution in [2.24, 2.45) is 4.99 Å². The lowest BCUT2D eigenvalue weighted by molar-refractivity contribution is 0.378. The third kappa shape index (κ3) is 1.63. The third-order valence-corrected chi connectivity index (χ3v) is 2.09. The Labute approximate surface area is 80.9 Å². The maximum absolute atomic E-state index is 10.1. The number of carbonyl (C=O) groups excluding carboxylic acids is 1. The summed E-state index contributed by atoms with van der Waals surface area (Å²) in [7, 11) is 1.51. The summed E-state index contributed by atoms with van der Waals surface area (Å²) < 4.78 is 4.90. The summed E-state index contributed by atoms with van der Waals surface area (Å²) in [6, 6.07) is 0.316. The molecule has 0 N–H and O–H groups in total. The molecule has 2 rings (SSSR count). The first kappa shape index (κ1) is 8.84. The van der Waals surface area contributed by atoms with Crippen LogP contribution in [0.3, 0.4) is 0 Å². The van der Waals surface area contributed by atoms with Crippen LogP contribution in [0, 0.1) is 0 Å². The van der Waals surface area contributed by atoms with Gasteiger partial charge in [-0.15, -0.1) is 0 Å². The predicted octanol–water partition coefficient (Wildman–Crippen LogP) is 1.33. The summed E-state index contributed by atoms with van der Waals surface area (Å²) in [5, 5.41) is 0. The van der Waals surface area contributed by atoms with Gasteiger partial charge >= 0.3 is 6.01 Å². The van der Waals surface area contributed by atoms with Crippen molar-refractivity contribution in [3.63, 3.8) is 0 Å². The number of aromatic nitrogens is 2. The number of isocyanates is 1. The molecule has 0 bridgehead atoms. The van der Waals surface area contributed by atoms with Gasteiger partial charge in [0.2, 0.25) is 6.08 Å². The largest absolute Gasteiger partial charge is 0.467 e. The van der Waals surface area contributed by atoms with E-state index < -0.39 is 0 Å². The van der Waals surface area contributed by atoms with Gasteiger partial charge in [0.25, 0.3) is 0 Å². The van der Waals surface area contributed by atoms with Gasteiger partial charge in [-0.25, -0.2) is 9.78 Å². The Balaban J connectivity index is 2.43. The Morgan fingerprint density at radius 2 is 2.43 bits per heavy atom. The fraction of sp³-hybridized carbons (Fsp3) is 0.444. The molecule has 1 aliphatic rings. The van der Waals surface area contributed by atoms with Gasteiger partial charge in [0.05, 0.1) is 19.0 Å². The third-order valence-electron chi connectivity index (χ3n) is 2.09. The van der Waals surface area contributed by atoms with Crippen molar-refractivity contribution in [2.45, 2.75) is 18.8 Å². The molecule has 1 aromatic rings. The number of hydrogen-bond donors (Lipinski definition) is 0. The minimum Gasteiger partial charge on any atom is -0.467 e. The van der Waals surface area contributed by atoms with Crippen LogP contribution in [0.2, 0.25) is 0 Å². The monoisotopic (exact) mass is 191 g/mol. The van der Waals surface area contributed by atoms with Crippen LogP contribution in [0.1, 0.15) is 24.5 Å². The number of nitrogens with zero attached hydrogens (tertiary/aromatic N) is 3. The van der Waals surface area contributed by atoms with Crippen LogP contribution in [0.4, 0.5) is 5.69 Å². The number of aliphatic imine (C=N–C) groups is 1. The van der Waals surface area contributed by atoms with Crippen LogP contribution in [-0.4, -0.2) is 23.2 Å². The van der Waals surface area contributed by atoms with Gasteiger partial charge in [-0.2, -0.15) is 9.98 Å². The van der Waals surface area contributed by atoms with Gasteiger partial charge in [0.1, 0.15) is 5.69 Å². The highest BCUT2D eigenvalue weighted by molar-refractivity contribution is 5.52. The Morgan fingerprint density at radius 3 is 3.00 bits per heavy atom. The Morgan fingerprint density at radius 1 is 1.64 bits per heavy atom. The molecule has 0 aliphatic heterocycles. The van der Waals surface area contributed by atoms with E-state index in [1.165, 1.54) is 19.4 Å². The second-order valence-electron chi connectivity index (χ2n) is 3.10. The maximum atomic E-state index is 10.1. The molecular formula is C9H9N3O2. The van der Waals surface area contributed by atoms with Crippen LogP contribution >= 0.6 is 0 Å². The van der Waals surface area contributed by atoms with Gasteiger partial charge in [-0.3, -0.25) is 0 Å². The molecule has 1 aromatic heterocycles. The normalized spacial score (nSPS) is 14.6. The first-order valence-electron chi connectivity index (χ1n) is 4.34. The van der Waals surface area contributed by atoms with Crippen molar-refractivity contribution in [1.29, 1.82) is 0 Å². The highest BCUT2D eigenvalue weighted by atomic mass is 16.5. The van der Waals surface area contributed by atoms with Crippen LogP contribution < -0.4 is 4.74 Å². The predicted molar refractivity (Wildman–Crippen MR) is 48.3 cm³/mol. The Bertz CT molecular complexity index is 395. The quantitative estimate of drug-likeness (QED) is 0.534. The molecule has 1 fully saturated rings. The van der Waals surface area contributed by atoms with Crippen molar-refractivity contribution in [3.8, 4) is 6.01 Å². The molecule has 0 spiro atoms. The first-order valence-corrected chi connectivity index (χ1v) is 4.34. The fourth-order valence-electron chi connectivity index (χ4n) is 1.26. The van der Waals surface area contributed by atoms with Crippen LogP contribution in [0.25, 0.3) is 0 Å². The summed E-state index contributed by atoms with van der Waals surface area (Å²) in [6.07, 6.45) is 5.16. The maximum Gasteiger partial charge on any atom is 0.316 e. The molecule has 0 atom stereocenters. The number of methoxy groups -OCH3 is 1. The highest BCUT2D eigenvalue weighted by Crippen LogP contribution is 2.43. The SMILES string of the molecule is COc1ncc(N=C=O)c(C2CC2)n1. The van der Waals surface area contributed by atoms with E-state index >= 15 is 0 Å². The van der Waals surface area contributed by atoms with E-state index in [0.717, 1.165) is 18.5 Å². The summed E-state index contributed by atoms with van der Waals surface area (Å²) >= 11 is 0. The highest BCUT2D eigenvalue weighted by Gasteiger charge is 2.28. The molecule has 0 unspecified atom stereocenters. The Hall–Kier alpha value is -1.74. The van der Waals surface area contributed by atoms with E-state index in [1.54, 1.807) is 0 Å². The van der Waals surface area contributed by atoms with Crippen molar-refractivity contribution < 1.29 is 9.53 Å². The summed E-state index contributed by atoms with van der Waals surface area (Å²) in [4.78, 5) is 21.7. The zero-order chi connectivity index (χ0) is 9.97. The van der Waals surface area contributed by atoms with Crippen LogP contribution in [-0.2, 0) is 4.79 Å². The van der Waals surface area contributed by atoms with Crippen LogP contribution in [0.5, 0.6) is 6.01 Å². The van der Waals surface area contributed by atoms with E-state index in [2.05, 4.69) is 15.0 Å². The topological polar surface area (TPSA) is 64.4 Å². The lowest BCUT2D eigenvalue weighted by Crippen LogP contribution is -1.95. The molecule has 0 amide bonds. The van der Waals surface area contributed by atoms with Gasteiger partial charge in [-0.1, -0.05) is 0 Å². The number of rotatable bonds is 3. The number of ether oxygens (including phenoxy) is 1. The first-order chi connectivity index (χ1) is 6.85. The van der Waals surface area contributed by atoms with Gasteiger partial charge < -0.3 is 4.74 Å². The van der Waals surface area contributed by atoms with Crippen molar-refractivity contribution >= 4 is 11.8 Å². The summed E-state index contributed by atoms with van der Waals surface area (Å²) in [5.74, 6) is 0.402. The van der Waals surface area contributed by atoms with Gasteiger partial charge in [0.15, 0.2) is 0 Å². The second-order valence-corrected chi connectivity index (χ2v) is 3.10. The lowest BCUT2D eigenvalue weighted by Gasteiger charge is -2.02. The van der Waals surface area contributed by atoms with E-state index in [-0.39, 0.29) is 0 Å². The molecule has 0 saturated heterocycles. The zero-order valence-corrected chi connectivity index (χ0v) is 7.73. The lowest BCUT2D eigenvalue weighted by atomic mass is 10.2. The summed E-state index contributed by atoms with van der Waals surface area (Å²) in [6.45, 7) is 0. The molecular weight excluding hydrogens is 182 g/mol. The molecule has 5 nitrogen and oxygen atoms in total. The van der Waals surface area contributed by atoms with E-state index in [9.17, 15) is 4.79 Å². The summed E-state index contributed by atoms with van der Waals surface area (Å²) in [5.41, 5.74) is 1.29. The minimum atomic E-state index is 0.316. The van der Waals surface area contributed by atoms with Crippen molar-refractivity contribution in [1.82, 2.24) is 9.97 Å². The molecule has 0 aromatic carbocycles. The molecule has 72 valence electrons. The number of hydrogen-bond acceptors (Lipinski definition) is 5. The smallest absolute Gasteiger partial charge is 0.316 e. The van der Waals surface area contributed by atoms with E-state index in [4.69, 9.17) is 4.74 Å². The van der Waals surface area contributed by atoms with Gasteiger partial charge in [0, 0.05) is 5.92 Å². The fourth-order valence-corrected chi connectivity index (χ4v) is 1.26. The van der Waals surface area contributed by atoms with E-state index in [1.807, 2.05) is 0 Å². The molecule has 5 heteroatoms. The molecule has 1 saturated carbocycles. The molecule has 1 heterocycles. The molecule has 1 aliphatic carbocycles. The van der Waals surface area contributed by atoms with Crippen molar-refractivity contribution in [2.75, 3.05) is 7.11 Å². The van der Waals surface area contributed by atoms with E-state index in [0.29, 0.717) is 17.6 Å². The zero-order valence-electron chi connectivity index (χ0n) is 7.73. The Kier molecular flexibility index (Phi) is 2.24. The average molecular weight is 191 g/mol. The molecule has 14 heavy (non-hydrogen) atoms. The standard InChI is InChI=1S/C9H9N3O2/c1-14-9-10-4-7(11-5-13)8(12-9)6-2-3-6/h4,6H,2-3H2,1H3.